The fraction of sp³-hybridized carbons (Fsp3) is 0.389. The van der Waals surface area contributed by atoms with Crippen LogP contribution in [-0.2, 0) is 19.6 Å². The second-order valence-corrected chi connectivity index (χ2v) is 7.02. The second kappa shape index (κ2) is 6.83. The van der Waals surface area contributed by atoms with Gasteiger partial charge in [-0.25, -0.2) is 4.98 Å². The minimum atomic E-state index is -0.518. The molecule has 0 unspecified atom stereocenters. The summed E-state index contributed by atoms with van der Waals surface area (Å²) in [6.07, 6.45) is 1.71. The van der Waals surface area contributed by atoms with Crippen LogP contribution in [0.25, 0.3) is 5.65 Å². The number of rotatable bonds is 4. The lowest BCUT2D eigenvalue weighted by Gasteiger charge is -2.27. The number of hydrogen-bond donors (Lipinski definition) is 1. The number of aromatic nitrogens is 4. The van der Waals surface area contributed by atoms with Crippen LogP contribution in [0, 0.1) is 0 Å². The molecule has 0 spiro atoms. The Hall–Kier alpha value is -2.22. The van der Waals surface area contributed by atoms with Gasteiger partial charge in [0.1, 0.15) is 5.65 Å². The topological polar surface area (TPSA) is 75.7 Å². The van der Waals surface area contributed by atoms with E-state index in [9.17, 15) is 9.90 Å². The number of nitrogens with zero attached hydrogens (tertiary/aromatic N) is 5. The first-order valence-corrected chi connectivity index (χ1v) is 9.06. The molecule has 4 rings (SSSR count). The van der Waals surface area contributed by atoms with Gasteiger partial charge < -0.3 is 5.11 Å². The third-order valence-corrected chi connectivity index (χ3v) is 4.91. The number of fused-ring (bicyclic) bond motifs is 2. The molecule has 3 aromatic rings. The lowest BCUT2D eigenvalue weighted by Crippen LogP contribution is -2.34. The molecule has 0 radical (unpaired) electrons. The number of aliphatic hydroxyl groups is 1. The van der Waals surface area contributed by atoms with Crippen molar-refractivity contribution in [3.05, 3.63) is 62.9 Å². The molecule has 4 heterocycles. The third-order valence-electron chi connectivity index (χ3n) is 4.69. The second-order valence-electron chi connectivity index (χ2n) is 6.58. The lowest BCUT2D eigenvalue weighted by atomic mass is 10.2. The monoisotopic (exact) mass is 373 g/mol. The molecule has 1 aliphatic heterocycles. The molecule has 3 aromatic heterocycles. The number of halogens is 1. The van der Waals surface area contributed by atoms with E-state index >= 15 is 0 Å². The van der Waals surface area contributed by atoms with E-state index in [0.29, 0.717) is 30.2 Å². The van der Waals surface area contributed by atoms with Gasteiger partial charge in [-0.2, -0.15) is 5.10 Å². The summed E-state index contributed by atoms with van der Waals surface area (Å²) in [5.74, 6) is 0. The standard InChI is InChI=1S/C18H20ClN5O2/c1-2-16(25)15-8-14-11-22(5-6-24(14)21-15)10-13-7-18(26)23-9-12(19)3-4-17(23)20-13/h3-4,7-9,16,25H,2,5-6,10-11H2,1H3/t16-/m1/s1. The highest BCUT2D eigenvalue weighted by Gasteiger charge is 2.21. The predicted octanol–water partition coefficient (Wildman–Crippen LogP) is 2.00. The van der Waals surface area contributed by atoms with Crippen LogP contribution >= 0.6 is 11.6 Å². The number of pyridine rings is 1. The van der Waals surface area contributed by atoms with Gasteiger partial charge in [-0.05, 0) is 24.6 Å². The highest BCUT2D eigenvalue weighted by Crippen LogP contribution is 2.20. The van der Waals surface area contributed by atoms with E-state index in [2.05, 4.69) is 15.0 Å². The van der Waals surface area contributed by atoms with Crippen molar-refractivity contribution < 1.29 is 5.11 Å². The smallest absolute Gasteiger partial charge is 0.258 e. The average molecular weight is 374 g/mol. The quantitative estimate of drug-likeness (QED) is 0.757. The maximum absolute atomic E-state index is 12.3. The Kier molecular flexibility index (Phi) is 4.52. The van der Waals surface area contributed by atoms with Crippen molar-refractivity contribution in [1.29, 1.82) is 0 Å². The van der Waals surface area contributed by atoms with Crippen LogP contribution in [0.5, 0.6) is 0 Å². The Balaban J connectivity index is 1.55. The molecule has 0 fully saturated rings. The van der Waals surface area contributed by atoms with Gasteiger partial charge in [0.2, 0.25) is 0 Å². The lowest BCUT2D eigenvalue weighted by molar-refractivity contribution is 0.166. The Bertz CT molecular complexity index is 1010. The summed E-state index contributed by atoms with van der Waals surface area (Å²) in [4.78, 5) is 19.1. The van der Waals surface area contributed by atoms with Gasteiger partial charge in [-0.15, -0.1) is 0 Å². The summed E-state index contributed by atoms with van der Waals surface area (Å²) in [6.45, 7) is 4.81. The summed E-state index contributed by atoms with van der Waals surface area (Å²) >= 11 is 5.95. The van der Waals surface area contributed by atoms with Gasteiger partial charge in [0.15, 0.2) is 0 Å². The van der Waals surface area contributed by atoms with E-state index in [1.54, 1.807) is 24.4 Å². The molecule has 0 amide bonds. The molecule has 7 nitrogen and oxygen atoms in total. The molecule has 8 heteroatoms. The largest absolute Gasteiger partial charge is 0.387 e. The van der Waals surface area contributed by atoms with Crippen molar-refractivity contribution in [1.82, 2.24) is 24.1 Å². The minimum Gasteiger partial charge on any atom is -0.387 e. The van der Waals surface area contributed by atoms with Gasteiger partial charge in [0.05, 0.1) is 34.8 Å². The summed E-state index contributed by atoms with van der Waals surface area (Å²) in [5.41, 5.74) is 2.99. The zero-order valence-corrected chi connectivity index (χ0v) is 15.2. The number of hydrogen-bond acceptors (Lipinski definition) is 5. The highest BCUT2D eigenvalue weighted by atomic mass is 35.5. The summed E-state index contributed by atoms with van der Waals surface area (Å²) in [5, 5.41) is 15.0. The normalized spacial score (nSPS) is 16.0. The Morgan fingerprint density at radius 1 is 1.31 bits per heavy atom. The van der Waals surface area contributed by atoms with E-state index in [0.717, 1.165) is 30.2 Å². The van der Waals surface area contributed by atoms with Crippen molar-refractivity contribution in [3.8, 4) is 0 Å². The summed E-state index contributed by atoms with van der Waals surface area (Å²) in [6, 6.07) is 7.00. The van der Waals surface area contributed by atoms with E-state index in [1.165, 1.54) is 4.40 Å². The Labute approximate surface area is 155 Å². The van der Waals surface area contributed by atoms with Gasteiger partial charge in [0.25, 0.3) is 5.56 Å². The highest BCUT2D eigenvalue weighted by molar-refractivity contribution is 6.30. The fourth-order valence-electron chi connectivity index (χ4n) is 3.29. The molecule has 136 valence electrons. The van der Waals surface area contributed by atoms with Crippen LogP contribution in [0.3, 0.4) is 0 Å². The minimum absolute atomic E-state index is 0.136. The van der Waals surface area contributed by atoms with Crippen LogP contribution in [0.4, 0.5) is 0 Å². The molecule has 1 atom stereocenters. The molecular formula is C18H20ClN5O2. The van der Waals surface area contributed by atoms with Crippen LogP contribution in [0.1, 0.15) is 36.5 Å². The van der Waals surface area contributed by atoms with E-state index in [-0.39, 0.29) is 5.56 Å². The molecule has 0 aromatic carbocycles. The van der Waals surface area contributed by atoms with E-state index in [4.69, 9.17) is 11.6 Å². The van der Waals surface area contributed by atoms with Crippen LogP contribution in [0.15, 0.2) is 35.3 Å². The van der Waals surface area contributed by atoms with Crippen molar-refractivity contribution in [2.45, 2.75) is 39.1 Å². The van der Waals surface area contributed by atoms with Crippen molar-refractivity contribution in [3.63, 3.8) is 0 Å². The fourth-order valence-corrected chi connectivity index (χ4v) is 3.45. The molecule has 0 saturated heterocycles. The first-order valence-electron chi connectivity index (χ1n) is 8.68. The van der Waals surface area contributed by atoms with Crippen LogP contribution in [-0.4, -0.2) is 35.7 Å². The van der Waals surface area contributed by atoms with Gasteiger partial charge in [-0.3, -0.25) is 18.8 Å². The average Bonchev–Trinajstić information content (AvgIpc) is 3.05. The summed E-state index contributed by atoms with van der Waals surface area (Å²) < 4.78 is 3.41. The first-order chi connectivity index (χ1) is 12.5. The van der Waals surface area contributed by atoms with E-state index < -0.39 is 6.10 Å². The molecule has 26 heavy (non-hydrogen) atoms. The van der Waals surface area contributed by atoms with Crippen molar-refractivity contribution >= 4 is 17.2 Å². The summed E-state index contributed by atoms with van der Waals surface area (Å²) in [7, 11) is 0. The molecule has 1 aliphatic rings. The molecular weight excluding hydrogens is 354 g/mol. The third kappa shape index (κ3) is 3.25. The molecule has 0 bridgehead atoms. The van der Waals surface area contributed by atoms with Crippen molar-refractivity contribution in [2.24, 2.45) is 0 Å². The maximum Gasteiger partial charge on any atom is 0.258 e. The zero-order valence-electron chi connectivity index (χ0n) is 14.5. The first kappa shape index (κ1) is 17.2. The predicted molar refractivity (Wildman–Crippen MR) is 98.1 cm³/mol. The maximum atomic E-state index is 12.3. The van der Waals surface area contributed by atoms with Crippen LogP contribution in [0.2, 0.25) is 5.02 Å². The van der Waals surface area contributed by atoms with Crippen molar-refractivity contribution in [2.75, 3.05) is 6.54 Å². The van der Waals surface area contributed by atoms with E-state index in [1.807, 2.05) is 17.7 Å². The van der Waals surface area contributed by atoms with Gasteiger partial charge in [0, 0.05) is 31.9 Å². The molecule has 1 N–H and O–H groups in total. The molecule has 0 aliphatic carbocycles. The molecule has 0 saturated carbocycles. The zero-order chi connectivity index (χ0) is 18.3. The Morgan fingerprint density at radius 2 is 2.15 bits per heavy atom. The van der Waals surface area contributed by atoms with Crippen LogP contribution < -0.4 is 5.56 Å². The SMILES string of the molecule is CC[C@@H](O)c1cc2n(n1)CCN(Cc1cc(=O)n3cc(Cl)ccc3n1)C2. The van der Waals surface area contributed by atoms with Gasteiger partial charge in [-0.1, -0.05) is 18.5 Å². The number of aliphatic hydroxyl groups excluding tert-OH is 1. The van der Waals surface area contributed by atoms with Gasteiger partial charge >= 0.3 is 0 Å². The Morgan fingerprint density at radius 3 is 2.96 bits per heavy atom.